The maximum Gasteiger partial charge on any atom is 0.253 e. The lowest BCUT2D eigenvalue weighted by molar-refractivity contribution is -0.116. The first-order chi connectivity index (χ1) is 9.06. The molecule has 1 unspecified atom stereocenters. The molecule has 1 fully saturated rings. The summed E-state index contributed by atoms with van der Waals surface area (Å²) < 4.78 is 0. The Kier molecular flexibility index (Phi) is 4.16. The fourth-order valence-electron chi connectivity index (χ4n) is 1.77. The van der Waals surface area contributed by atoms with Gasteiger partial charge in [-0.3, -0.25) is 9.59 Å². The predicted molar refractivity (Wildman–Crippen MR) is 73.8 cm³/mol. The topological polar surface area (TPSA) is 84.2 Å². The molecule has 0 saturated heterocycles. The second kappa shape index (κ2) is 5.84. The van der Waals surface area contributed by atoms with Crippen molar-refractivity contribution in [1.82, 2.24) is 5.32 Å². The van der Waals surface area contributed by atoms with E-state index in [0.717, 1.165) is 12.8 Å². The smallest absolute Gasteiger partial charge is 0.253 e. The minimum Gasteiger partial charge on any atom is -0.349 e. The Morgan fingerprint density at radius 3 is 2.68 bits per heavy atom. The summed E-state index contributed by atoms with van der Waals surface area (Å²) in [6, 6.07) is 7.09. The monoisotopic (exact) mass is 261 g/mol. The van der Waals surface area contributed by atoms with Gasteiger partial charge in [-0.25, -0.2) is 0 Å². The van der Waals surface area contributed by atoms with Crippen LogP contribution < -0.4 is 16.4 Å². The van der Waals surface area contributed by atoms with Gasteiger partial charge in [0.2, 0.25) is 5.91 Å². The molecule has 0 radical (unpaired) electrons. The van der Waals surface area contributed by atoms with E-state index in [1.807, 2.05) is 0 Å². The number of nitrogens with one attached hydrogen (secondary N) is 2. The van der Waals surface area contributed by atoms with Crippen LogP contribution in [0.4, 0.5) is 5.69 Å². The minimum atomic E-state index is -0.201. The van der Waals surface area contributed by atoms with Crippen LogP contribution >= 0.6 is 0 Å². The fourth-order valence-corrected chi connectivity index (χ4v) is 1.77. The number of carbonyl (C=O) groups is 2. The molecular weight excluding hydrogens is 242 g/mol. The largest absolute Gasteiger partial charge is 0.349 e. The van der Waals surface area contributed by atoms with Gasteiger partial charge in [0.1, 0.15) is 0 Å². The van der Waals surface area contributed by atoms with E-state index in [1.165, 1.54) is 0 Å². The quantitative estimate of drug-likeness (QED) is 0.746. The zero-order chi connectivity index (χ0) is 13.8. The van der Waals surface area contributed by atoms with Gasteiger partial charge < -0.3 is 16.4 Å². The number of rotatable bonds is 5. The molecule has 102 valence electrons. The van der Waals surface area contributed by atoms with E-state index >= 15 is 0 Å². The Hall–Kier alpha value is -1.88. The molecule has 1 aromatic rings. The molecule has 0 bridgehead atoms. The average molecular weight is 261 g/mol. The molecule has 19 heavy (non-hydrogen) atoms. The Morgan fingerprint density at radius 1 is 1.37 bits per heavy atom. The maximum atomic E-state index is 12.0. The summed E-state index contributed by atoms with van der Waals surface area (Å²) in [5.41, 5.74) is 6.61. The van der Waals surface area contributed by atoms with Crippen LogP contribution in [0.3, 0.4) is 0 Å². The minimum absolute atomic E-state index is 0.140. The van der Waals surface area contributed by atoms with Gasteiger partial charge in [-0.15, -0.1) is 0 Å². The Morgan fingerprint density at radius 2 is 2.05 bits per heavy atom. The number of para-hydroxylation sites is 1. The molecule has 5 heteroatoms. The van der Waals surface area contributed by atoms with Crippen LogP contribution in [0.25, 0.3) is 0 Å². The molecule has 1 atom stereocenters. The van der Waals surface area contributed by atoms with Crippen molar-refractivity contribution in [3.05, 3.63) is 29.8 Å². The summed E-state index contributed by atoms with van der Waals surface area (Å²) >= 11 is 0. The van der Waals surface area contributed by atoms with Gasteiger partial charge in [0, 0.05) is 18.5 Å². The van der Waals surface area contributed by atoms with Gasteiger partial charge in [-0.05, 0) is 31.9 Å². The Labute approximate surface area is 112 Å². The first-order valence-corrected chi connectivity index (χ1v) is 6.51. The average Bonchev–Trinajstić information content (AvgIpc) is 3.12. The number of carbonyl (C=O) groups excluding carboxylic acids is 2. The number of hydrogen-bond acceptors (Lipinski definition) is 3. The molecule has 4 N–H and O–H groups in total. The van der Waals surface area contributed by atoms with Crippen LogP contribution in [0.2, 0.25) is 0 Å². The molecule has 0 aliphatic heterocycles. The first-order valence-electron chi connectivity index (χ1n) is 6.51. The Bertz CT molecular complexity index is 481. The first kappa shape index (κ1) is 13.5. The van der Waals surface area contributed by atoms with Crippen molar-refractivity contribution < 1.29 is 9.59 Å². The van der Waals surface area contributed by atoms with E-state index in [2.05, 4.69) is 10.6 Å². The third kappa shape index (κ3) is 4.06. The van der Waals surface area contributed by atoms with Crippen LogP contribution in [-0.2, 0) is 4.79 Å². The van der Waals surface area contributed by atoms with Crippen molar-refractivity contribution >= 4 is 17.5 Å². The summed E-state index contributed by atoms with van der Waals surface area (Å²) in [7, 11) is 0. The molecule has 1 saturated carbocycles. The summed E-state index contributed by atoms with van der Waals surface area (Å²) in [5.74, 6) is -0.319. The number of amides is 2. The van der Waals surface area contributed by atoms with Gasteiger partial charge in [-0.1, -0.05) is 12.1 Å². The Balaban J connectivity index is 2.06. The summed E-state index contributed by atoms with van der Waals surface area (Å²) in [4.78, 5) is 23.7. The van der Waals surface area contributed by atoms with E-state index in [0.29, 0.717) is 17.3 Å². The highest BCUT2D eigenvalue weighted by atomic mass is 16.2. The molecular formula is C14H19N3O2. The highest BCUT2D eigenvalue weighted by Gasteiger charge is 2.24. The normalized spacial score (nSPS) is 15.7. The lowest BCUT2D eigenvalue weighted by Crippen LogP contribution is -2.28. The van der Waals surface area contributed by atoms with Crippen LogP contribution in [-0.4, -0.2) is 23.9 Å². The third-order valence-electron chi connectivity index (χ3n) is 2.87. The number of nitrogens with two attached hydrogens (primary N) is 1. The molecule has 0 spiro atoms. The second-order valence-electron chi connectivity index (χ2n) is 5.02. The molecule has 0 aromatic heterocycles. The van der Waals surface area contributed by atoms with E-state index in [1.54, 1.807) is 31.2 Å². The fraction of sp³-hybridized carbons (Fsp3) is 0.429. The van der Waals surface area contributed by atoms with Gasteiger partial charge >= 0.3 is 0 Å². The third-order valence-corrected chi connectivity index (χ3v) is 2.87. The molecule has 1 aromatic carbocycles. The van der Waals surface area contributed by atoms with Gasteiger partial charge in [-0.2, -0.15) is 0 Å². The highest BCUT2D eigenvalue weighted by molar-refractivity contribution is 6.04. The van der Waals surface area contributed by atoms with E-state index in [9.17, 15) is 9.59 Å². The lowest BCUT2D eigenvalue weighted by Gasteiger charge is -2.12. The van der Waals surface area contributed by atoms with Gasteiger partial charge in [0.25, 0.3) is 5.91 Å². The SMILES string of the molecule is CC(N)CC(=O)Nc1ccccc1C(=O)NC1CC1. The number of benzene rings is 1. The van der Waals surface area contributed by atoms with Gasteiger partial charge in [0.15, 0.2) is 0 Å². The van der Waals surface area contributed by atoms with Crippen molar-refractivity contribution in [2.24, 2.45) is 5.73 Å². The van der Waals surface area contributed by atoms with Crippen LogP contribution in [0.1, 0.15) is 36.5 Å². The molecule has 1 aliphatic rings. The summed E-state index contributed by atoms with van der Waals surface area (Å²) in [5, 5.41) is 5.65. The zero-order valence-corrected chi connectivity index (χ0v) is 11.0. The summed E-state index contributed by atoms with van der Waals surface area (Å²) in [6.45, 7) is 1.77. The molecule has 2 rings (SSSR count). The standard InChI is InChI=1S/C14H19N3O2/c1-9(15)8-13(18)17-12-5-3-2-4-11(12)14(19)16-10-6-7-10/h2-5,9-10H,6-8,15H2,1H3,(H,16,19)(H,17,18). The van der Waals surface area contributed by atoms with Crippen molar-refractivity contribution in [3.63, 3.8) is 0 Å². The van der Waals surface area contributed by atoms with Crippen molar-refractivity contribution in [3.8, 4) is 0 Å². The number of hydrogen-bond donors (Lipinski definition) is 3. The zero-order valence-electron chi connectivity index (χ0n) is 11.0. The molecule has 0 heterocycles. The van der Waals surface area contributed by atoms with Crippen LogP contribution in [0, 0.1) is 0 Å². The van der Waals surface area contributed by atoms with E-state index in [-0.39, 0.29) is 24.3 Å². The van der Waals surface area contributed by atoms with Crippen molar-refractivity contribution in [2.45, 2.75) is 38.3 Å². The van der Waals surface area contributed by atoms with E-state index < -0.39 is 0 Å². The second-order valence-corrected chi connectivity index (χ2v) is 5.02. The van der Waals surface area contributed by atoms with Crippen LogP contribution in [0.15, 0.2) is 24.3 Å². The van der Waals surface area contributed by atoms with Crippen molar-refractivity contribution in [2.75, 3.05) is 5.32 Å². The molecule has 2 amide bonds. The number of anilines is 1. The van der Waals surface area contributed by atoms with E-state index in [4.69, 9.17) is 5.73 Å². The summed E-state index contributed by atoms with van der Waals surface area (Å²) in [6.07, 6.45) is 2.30. The van der Waals surface area contributed by atoms with Gasteiger partial charge in [0.05, 0.1) is 11.3 Å². The predicted octanol–water partition coefficient (Wildman–Crippen LogP) is 1.25. The molecule has 1 aliphatic carbocycles. The highest BCUT2D eigenvalue weighted by Crippen LogP contribution is 2.21. The molecule has 5 nitrogen and oxygen atoms in total. The van der Waals surface area contributed by atoms with Crippen LogP contribution in [0.5, 0.6) is 0 Å². The lowest BCUT2D eigenvalue weighted by atomic mass is 10.1. The van der Waals surface area contributed by atoms with Crippen molar-refractivity contribution in [1.29, 1.82) is 0 Å². The maximum absolute atomic E-state index is 12.0.